The van der Waals surface area contributed by atoms with Gasteiger partial charge in [-0.2, -0.15) is 0 Å². The van der Waals surface area contributed by atoms with Crippen molar-refractivity contribution in [3.8, 4) is 0 Å². The van der Waals surface area contributed by atoms with Gasteiger partial charge in [0.2, 0.25) is 0 Å². The van der Waals surface area contributed by atoms with Crippen LogP contribution in [0.4, 0.5) is 0 Å². The van der Waals surface area contributed by atoms with Crippen molar-refractivity contribution in [3.05, 3.63) is 68.1 Å². The molecule has 2 rings (SSSR count). The van der Waals surface area contributed by atoms with E-state index in [1.165, 1.54) is 16.7 Å². The molecular weight excluding hydrogens is 390 g/mol. The Kier molecular flexibility index (Phi) is 6.46. The van der Waals surface area contributed by atoms with Crippen molar-refractivity contribution in [2.24, 2.45) is 0 Å². The predicted octanol–water partition coefficient (Wildman–Crippen LogP) is 5.86. The van der Waals surface area contributed by atoms with Gasteiger partial charge in [0.25, 0.3) is 0 Å². The molecule has 2 aromatic rings. The van der Waals surface area contributed by atoms with Crippen LogP contribution in [-0.4, -0.2) is 6.54 Å². The van der Waals surface area contributed by atoms with Crippen LogP contribution in [0.5, 0.6) is 0 Å². The number of nitrogens with one attached hydrogen (secondary N) is 1. The van der Waals surface area contributed by atoms with Crippen LogP contribution in [0.25, 0.3) is 0 Å². The van der Waals surface area contributed by atoms with E-state index in [4.69, 9.17) is 0 Å². The van der Waals surface area contributed by atoms with Crippen molar-refractivity contribution in [2.45, 2.75) is 32.7 Å². The van der Waals surface area contributed by atoms with E-state index in [-0.39, 0.29) is 6.04 Å². The summed E-state index contributed by atoms with van der Waals surface area (Å²) in [4.78, 5) is 0. The maximum atomic E-state index is 3.65. The zero-order valence-corrected chi connectivity index (χ0v) is 15.7. The first-order valence-electron chi connectivity index (χ1n) is 7.42. The highest BCUT2D eigenvalue weighted by Crippen LogP contribution is 2.28. The number of benzene rings is 2. The smallest absolute Gasteiger partial charge is 0.0577 e. The second kappa shape index (κ2) is 8.11. The Morgan fingerprint density at radius 3 is 2.05 bits per heavy atom. The van der Waals surface area contributed by atoms with Gasteiger partial charge in [0.1, 0.15) is 0 Å². The average Bonchev–Trinajstić information content (AvgIpc) is 2.47. The number of halogens is 2. The third-order valence-corrected chi connectivity index (χ3v) is 4.45. The highest BCUT2D eigenvalue weighted by atomic mass is 79.9. The van der Waals surface area contributed by atoms with Crippen molar-refractivity contribution >= 4 is 31.9 Å². The summed E-state index contributed by atoms with van der Waals surface area (Å²) in [5, 5.41) is 3.65. The summed E-state index contributed by atoms with van der Waals surface area (Å²) in [5.41, 5.74) is 3.96. The fourth-order valence-corrected chi connectivity index (χ4v) is 3.73. The first-order chi connectivity index (χ1) is 10.1. The largest absolute Gasteiger partial charge is 0.306 e. The number of hydrogen-bond acceptors (Lipinski definition) is 1. The molecule has 0 aliphatic rings. The predicted molar refractivity (Wildman–Crippen MR) is 97.8 cm³/mol. The van der Waals surface area contributed by atoms with Crippen LogP contribution in [0.3, 0.4) is 0 Å². The molecule has 112 valence electrons. The molecule has 0 saturated heterocycles. The lowest BCUT2D eigenvalue weighted by atomic mass is 9.97. The van der Waals surface area contributed by atoms with E-state index in [2.05, 4.69) is 93.5 Å². The standard InChI is InChI=1S/C18H21Br2N/c1-3-9-21-18(14-7-5-13(4-2)6-8-14)15-10-16(19)12-17(20)11-15/h5-8,10-12,18,21H,3-4,9H2,1-2H3. The maximum Gasteiger partial charge on any atom is 0.0577 e. The van der Waals surface area contributed by atoms with Crippen LogP contribution in [0.15, 0.2) is 51.4 Å². The van der Waals surface area contributed by atoms with Crippen molar-refractivity contribution in [1.29, 1.82) is 0 Å². The van der Waals surface area contributed by atoms with Crippen LogP contribution >= 0.6 is 31.9 Å². The highest BCUT2D eigenvalue weighted by molar-refractivity contribution is 9.11. The molecule has 0 spiro atoms. The second-order valence-electron chi connectivity index (χ2n) is 5.19. The molecule has 1 unspecified atom stereocenters. The maximum absolute atomic E-state index is 3.65. The van der Waals surface area contributed by atoms with E-state index in [0.717, 1.165) is 28.3 Å². The number of aryl methyl sites for hydroxylation is 1. The normalized spacial score (nSPS) is 12.4. The summed E-state index contributed by atoms with van der Waals surface area (Å²) >= 11 is 7.17. The van der Waals surface area contributed by atoms with Crippen LogP contribution in [0.2, 0.25) is 0 Å². The fraction of sp³-hybridized carbons (Fsp3) is 0.333. The van der Waals surface area contributed by atoms with Crippen molar-refractivity contribution in [1.82, 2.24) is 5.32 Å². The second-order valence-corrected chi connectivity index (χ2v) is 7.02. The lowest BCUT2D eigenvalue weighted by molar-refractivity contribution is 0.598. The van der Waals surface area contributed by atoms with E-state index in [1.807, 2.05) is 0 Å². The minimum atomic E-state index is 0.227. The minimum Gasteiger partial charge on any atom is -0.306 e. The van der Waals surface area contributed by atoms with Gasteiger partial charge in [-0.3, -0.25) is 0 Å². The van der Waals surface area contributed by atoms with Crippen molar-refractivity contribution < 1.29 is 0 Å². The molecule has 1 nitrogen and oxygen atoms in total. The van der Waals surface area contributed by atoms with Gasteiger partial charge < -0.3 is 5.32 Å². The van der Waals surface area contributed by atoms with Gasteiger partial charge in [-0.05, 0) is 54.3 Å². The topological polar surface area (TPSA) is 12.0 Å². The molecule has 0 aliphatic carbocycles. The summed E-state index contributed by atoms with van der Waals surface area (Å²) in [6.07, 6.45) is 2.20. The molecule has 0 radical (unpaired) electrons. The number of hydrogen-bond donors (Lipinski definition) is 1. The van der Waals surface area contributed by atoms with Crippen LogP contribution in [-0.2, 0) is 6.42 Å². The van der Waals surface area contributed by atoms with E-state index in [1.54, 1.807) is 0 Å². The first kappa shape index (κ1) is 16.7. The molecule has 1 atom stereocenters. The Labute approximate surface area is 144 Å². The molecule has 3 heteroatoms. The molecule has 0 amide bonds. The Hall–Kier alpha value is -0.640. The molecular formula is C18H21Br2N. The van der Waals surface area contributed by atoms with Gasteiger partial charge in [0.15, 0.2) is 0 Å². The lowest BCUT2D eigenvalue weighted by Gasteiger charge is -2.20. The van der Waals surface area contributed by atoms with E-state index < -0.39 is 0 Å². The molecule has 0 heterocycles. The quantitative estimate of drug-likeness (QED) is 0.628. The monoisotopic (exact) mass is 409 g/mol. The molecule has 0 aliphatic heterocycles. The van der Waals surface area contributed by atoms with Crippen LogP contribution < -0.4 is 5.32 Å². The average molecular weight is 411 g/mol. The molecule has 2 aromatic carbocycles. The zero-order valence-electron chi connectivity index (χ0n) is 12.5. The lowest BCUT2D eigenvalue weighted by Crippen LogP contribution is -2.23. The van der Waals surface area contributed by atoms with Crippen molar-refractivity contribution in [3.63, 3.8) is 0 Å². The van der Waals surface area contributed by atoms with Crippen molar-refractivity contribution in [2.75, 3.05) is 6.54 Å². The molecule has 0 saturated carbocycles. The van der Waals surface area contributed by atoms with E-state index in [9.17, 15) is 0 Å². The molecule has 21 heavy (non-hydrogen) atoms. The van der Waals surface area contributed by atoms with Gasteiger partial charge >= 0.3 is 0 Å². The highest BCUT2D eigenvalue weighted by Gasteiger charge is 2.14. The SMILES string of the molecule is CCCNC(c1ccc(CC)cc1)c1cc(Br)cc(Br)c1. The van der Waals surface area contributed by atoms with Gasteiger partial charge in [0, 0.05) is 8.95 Å². The summed E-state index contributed by atoms with van der Waals surface area (Å²) < 4.78 is 2.20. The molecule has 0 fully saturated rings. The van der Waals surface area contributed by atoms with Gasteiger partial charge in [-0.15, -0.1) is 0 Å². The third-order valence-electron chi connectivity index (χ3n) is 3.54. The zero-order chi connectivity index (χ0) is 15.2. The Bertz CT molecular complexity index is 558. The molecule has 0 bridgehead atoms. The number of rotatable bonds is 6. The van der Waals surface area contributed by atoms with Gasteiger partial charge in [-0.1, -0.05) is 70.0 Å². The van der Waals surface area contributed by atoms with Crippen LogP contribution in [0, 0.1) is 0 Å². The van der Waals surface area contributed by atoms with Gasteiger partial charge in [-0.25, -0.2) is 0 Å². The Balaban J connectivity index is 2.36. The van der Waals surface area contributed by atoms with Crippen LogP contribution in [0.1, 0.15) is 43.0 Å². The summed E-state index contributed by atoms with van der Waals surface area (Å²) in [6, 6.07) is 15.6. The molecule has 0 aromatic heterocycles. The fourth-order valence-electron chi connectivity index (χ4n) is 2.40. The molecule has 1 N–H and O–H groups in total. The third kappa shape index (κ3) is 4.67. The Morgan fingerprint density at radius 2 is 1.52 bits per heavy atom. The van der Waals surface area contributed by atoms with Gasteiger partial charge in [0.05, 0.1) is 6.04 Å². The summed E-state index contributed by atoms with van der Waals surface area (Å²) in [5.74, 6) is 0. The van der Waals surface area contributed by atoms with E-state index in [0.29, 0.717) is 0 Å². The van der Waals surface area contributed by atoms with E-state index >= 15 is 0 Å². The minimum absolute atomic E-state index is 0.227. The Morgan fingerprint density at radius 1 is 0.905 bits per heavy atom. The first-order valence-corrected chi connectivity index (χ1v) is 9.00. The summed E-state index contributed by atoms with van der Waals surface area (Å²) in [6.45, 7) is 5.39. The summed E-state index contributed by atoms with van der Waals surface area (Å²) in [7, 11) is 0.